The van der Waals surface area contributed by atoms with Crippen LogP contribution in [0.2, 0.25) is 0 Å². The van der Waals surface area contributed by atoms with Gasteiger partial charge in [0.1, 0.15) is 0 Å². The third-order valence-corrected chi connectivity index (χ3v) is 5.07. The van der Waals surface area contributed by atoms with Crippen molar-refractivity contribution in [3.63, 3.8) is 0 Å². The van der Waals surface area contributed by atoms with Crippen molar-refractivity contribution in [3.8, 4) is 0 Å². The smallest absolute Gasteiger partial charge is 0.392 e. The van der Waals surface area contributed by atoms with Gasteiger partial charge in [0, 0.05) is 19.5 Å². The van der Waals surface area contributed by atoms with Crippen molar-refractivity contribution in [3.05, 3.63) is 46.3 Å². The highest BCUT2D eigenvalue weighted by Gasteiger charge is 2.23. The standard InChI is InChI=1S/C15H21N3O4S/c1-15(2,3)13-16-18(14(19)22-13)10-11-7-6-8-12(9-11)23(20,21)17(4)5/h6-9H,10H2,1-5H3. The van der Waals surface area contributed by atoms with E-state index >= 15 is 0 Å². The first-order chi connectivity index (χ1) is 10.5. The van der Waals surface area contributed by atoms with Crippen molar-refractivity contribution >= 4 is 10.0 Å². The molecule has 0 bridgehead atoms. The van der Waals surface area contributed by atoms with Crippen molar-refractivity contribution in [2.45, 2.75) is 37.6 Å². The van der Waals surface area contributed by atoms with Gasteiger partial charge in [0.2, 0.25) is 15.9 Å². The van der Waals surface area contributed by atoms with Gasteiger partial charge in [0.25, 0.3) is 0 Å². The Bertz CT molecular complexity index is 857. The largest absolute Gasteiger partial charge is 0.437 e. The molecule has 7 nitrogen and oxygen atoms in total. The van der Waals surface area contributed by atoms with Gasteiger partial charge in [0.15, 0.2) is 0 Å². The summed E-state index contributed by atoms with van der Waals surface area (Å²) in [5.74, 6) is -0.213. The van der Waals surface area contributed by atoms with Gasteiger partial charge in [-0.2, -0.15) is 4.68 Å². The van der Waals surface area contributed by atoms with E-state index in [4.69, 9.17) is 4.42 Å². The fourth-order valence-electron chi connectivity index (χ4n) is 1.90. The number of sulfonamides is 1. The molecule has 0 saturated heterocycles. The fraction of sp³-hybridized carbons (Fsp3) is 0.467. The highest BCUT2D eigenvalue weighted by molar-refractivity contribution is 7.89. The van der Waals surface area contributed by atoms with Crippen molar-refractivity contribution in [2.24, 2.45) is 0 Å². The molecule has 1 aromatic heterocycles. The van der Waals surface area contributed by atoms with Gasteiger partial charge in [-0.05, 0) is 17.7 Å². The Morgan fingerprint density at radius 1 is 1.26 bits per heavy atom. The molecule has 2 aromatic rings. The first-order valence-corrected chi connectivity index (χ1v) is 8.56. The van der Waals surface area contributed by atoms with Crippen molar-refractivity contribution in [1.29, 1.82) is 0 Å². The maximum absolute atomic E-state index is 12.2. The van der Waals surface area contributed by atoms with Gasteiger partial charge in [-0.15, -0.1) is 5.10 Å². The molecule has 0 radical (unpaired) electrons. The Hall–Kier alpha value is -1.93. The van der Waals surface area contributed by atoms with Gasteiger partial charge in [0.05, 0.1) is 11.4 Å². The molecule has 23 heavy (non-hydrogen) atoms. The molecule has 0 aliphatic carbocycles. The zero-order valence-corrected chi connectivity index (χ0v) is 14.7. The molecule has 8 heteroatoms. The number of hydrogen-bond acceptors (Lipinski definition) is 5. The number of aromatic nitrogens is 2. The van der Waals surface area contributed by atoms with Gasteiger partial charge >= 0.3 is 5.76 Å². The van der Waals surface area contributed by atoms with Crippen LogP contribution in [-0.2, 0) is 22.0 Å². The number of benzene rings is 1. The van der Waals surface area contributed by atoms with E-state index in [0.29, 0.717) is 11.5 Å². The summed E-state index contributed by atoms with van der Waals surface area (Å²) in [6.45, 7) is 5.84. The maximum atomic E-state index is 12.2. The minimum absolute atomic E-state index is 0.148. The fourth-order valence-corrected chi connectivity index (χ4v) is 2.87. The minimum Gasteiger partial charge on any atom is -0.392 e. The van der Waals surface area contributed by atoms with Crippen molar-refractivity contribution in [2.75, 3.05) is 14.1 Å². The zero-order chi connectivity index (χ0) is 17.4. The highest BCUT2D eigenvalue weighted by atomic mass is 32.2. The molecule has 0 fully saturated rings. The molecular weight excluding hydrogens is 318 g/mol. The monoisotopic (exact) mass is 339 g/mol. The average molecular weight is 339 g/mol. The van der Waals surface area contributed by atoms with E-state index in [1.807, 2.05) is 20.8 Å². The van der Waals surface area contributed by atoms with Crippen molar-refractivity contribution < 1.29 is 12.8 Å². The molecule has 0 atom stereocenters. The Balaban J connectivity index is 2.36. The zero-order valence-electron chi connectivity index (χ0n) is 13.9. The van der Waals surface area contributed by atoms with Crippen LogP contribution in [0.5, 0.6) is 0 Å². The second kappa shape index (κ2) is 5.93. The third kappa shape index (κ3) is 3.70. The summed E-state index contributed by atoms with van der Waals surface area (Å²) < 4.78 is 31.8. The predicted molar refractivity (Wildman–Crippen MR) is 85.9 cm³/mol. The van der Waals surface area contributed by atoms with E-state index in [2.05, 4.69) is 5.10 Å². The van der Waals surface area contributed by atoms with E-state index in [-0.39, 0.29) is 16.9 Å². The molecule has 0 saturated carbocycles. The van der Waals surface area contributed by atoms with E-state index in [1.165, 1.54) is 30.9 Å². The van der Waals surface area contributed by atoms with Gasteiger partial charge < -0.3 is 4.42 Å². The molecular formula is C15H21N3O4S. The van der Waals surface area contributed by atoms with Crippen LogP contribution in [-0.4, -0.2) is 36.6 Å². The minimum atomic E-state index is -3.52. The van der Waals surface area contributed by atoms with Gasteiger partial charge in [-0.3, -0.25) is 0 Å². The lowest BCUT2D eigenvalue weighted by atomic mass is 9.97. The summed E-state index contributed by atoms with van der Waals surface area (Å²) in [7, 11) is -0.574. The summed E-state index contributed by atoms with van der Waals surface area (Å²) in [5.41, 5.74) is 0.282. The van der Waals surface area contributed by atoms with Crippen molar-refractivity contribution in [1.82, 2.24) is 14.1 Å². The van der Waals surface area contributed by atoms with Crippen LogP contribution < -0.4 is 5.76 Å². The molecule has 0 N–H and O–H groups in total. The van der Waals surface area contributed by atoms with E-state index in [0.717, 1.165) is 4.31 Å². The SMILES string of the molecule is CN(C)S(=O)(=O)c1cccc(Cn2nc(C(C)(C)C)oc2=O)c1. The average Bonchev–Trinajstić information content (AvgIpc) is 2.80. The van der Waals surface area contributed by atoms with Gasteiger partial charge in [-0.25, -0.2) is 17.5 Å². The third-order valence-electron chi connectivity index (χ3n) is 3.26. The number of nitrogens with zero attached hydrogens (tertiary/aromatic N) is 3. The number of rotatable bonds is 4. The van der Waals surface area contributed by atoms with Crippen LogP contribution in [0.25, 0.3) is 0 Å². The molecule has 0 aliphatic rings. The summed E-state index contributed by atoms with van der Waals surface area (Å²) >= 11 is 0. The first-order valence-electron chi connectivity index (χ1n) is 7.12. The van der Waals surface area contributed by atoms with Crippen LogP contribution in [0, 0.1) is 0 Å². The molecule has 0 spiro atoms. The predicted octanol–water partition coefficient (Wildman–Crippen LogP) is 1.43. The summed E-state index contributed by atoms with van der Waals surface area (Å²) in [6, 6.07) is 6.44. The molecule has 1 heterocycles. The summed E-state index contributed by atoms with van der Waals surface area (Å²) in [6.07, 6.45) is 0. The van der Waals surface area contributed by atoms with Gasteiger partial charge in [-0.1, -0.05) is 32.9 Å². The first kappa shape index (κ1) is 17.4. The topological polar surface area (TPSA) is 85.4 Å². The molecule has 0 aliphatic heterocycles. The van der Waals surface area contributed by atoms with Crippen LogP contribution in [0.1, 0.15) is 32.2 Å². The quantitative estimate of drug-likeness (QED) is 0.841. The maximum Gasteiger partial charge on any atom is 0.437 e. The van der Waals surface area contributed by atoms with Crippen LogP contribution in [0.4, 0.5) is 0 Å². The second-order valence-electron chi connectivity index (χ2n) is 6.52. The molecule has 2 rings (SSSR count). The second-order valence-corrected chi connectivity index (χ2v) is 8.67. The highest BCUT2D eigenvalue weighted by Crippen LogP contribution is 2.19. The molecule has 126 valence electrons. The molecule has 0 amide bonds. The van der Waals surface area contributed by atoms with E-state index in [9.17, 15) is 13.2 Å². The normalized spacial score (nSPS) is 12.8. The van der Waals surface area contributed by atoms with E-state index < -0.39 is 15.8 Å². The Kier molecular flexibility index (Phi) is 4.50. The van der Waals surface area contributed by atoms with Crippen LogP contribution in [0.3, 0.4) is 0 Å². The van der Waals surface area contributed by atoms with Crippen LogP contribution >= 0.6 is 0 Å². The summed E-state index contributed by atoms with van der Waals surface area (Å²) in [4.78, 5) is 12.1. The molecule has 1 aromatic carbocycles. The van der Waals surface area contributed by atoms with Crippen LogP contribution in [0.15, 0.2) is 38.4 Å². The lowest BCUT2D eigenvalue weighted by molar-refractivity contribution is 0.374. The molecule has 0 unspecified atom stereocenters. The Labute approximate surface area is 135 Å². The lowest BCUT2D eigenvalue weighted by Gasteiger charge is -2.12. The summed E-state index contributed by atoms with van der Waals surface area (Å²) in [5, 5.41) is 4.18. The number of hydrogen-bond donors (Lipinski definition) is 0. The lowest BCUT2D eigenvalue weighted by Crippen LogP contribution is -2.22. The Morgan fingerprint density at radius 3 is 2.43 bits per heavy atom. The Morgan fingerprint density at radius 2 is 1.91 bits per heavy atom. The van der Waals surface area contributed by atoms with E-state index in [1.54, 1.807) is 12.1 Å².